The van der Waals surface area contributed by atoms with Gasteiger partial charge in [-0.1, -0.05) is 26.8 Å². The zero-order chi connectivity index (χ0) is 12.2. The molecule has 0 saturated carbocycles. The summed E-state index contributed by atoms with van der Waals surface area (Å²) in [4.78, 5) is 10.5. The summed E-state index contributed by atoms with van der Waals surface area (Å²) in [6, 6.07) is 0. The van der Waals surface area contributed by atoms with Crippen molar-refractivity contribution in [3.05, 3.63) is 11.8 Å². The quantitative estimate of drug-likeness (QED) is 0.783. The Kier molecular flexibility index (Phi) is 4.84. The first-order valence-corrected chi connectivity index (χ1v) is 4.71. The summed E-state index contributed by atoms with van der Waals surface area (Å²) in [5.41, 5.74) is 0.235. The number of carbonyl (C=O) groups is 1. The van der Waals surface area contributed by atoms with Crippen LogP contribution in [0.4, 0.5) is 13.2 Å². The minimum Gasteiger partial charge on any atom is -0.323 e. The zero-order valence-corrected chi connectivity index (χ0v) is 9.27. The summed E-state index contributed by atoms with van der Waals surface area (Å²) in [5, 5.41) is 1.80. The van der Waals surface area contributed by atoms with Gasteiger partial charge in [0.05, 0.1) is 0 Å². The van der Waals surface area contributed by atoms with Crippen LogP contribution in [0.1, 0.15) is 27.7 Å². The van der Waals surface area contributed by atoms with Gasteiger partial charge >= 0.3 is 12.1 Å². The standard InChI is InChI=1S/C10H16F3NO/c1-6(2)7(3)5-8(4)14-9(15)10(11,12)13/h5-7H,1-4H3,(H,14,15)/b8-5+. The SMILES string of the molecule is C/C(=C\C(C)C(C)C)NC(=O)C(F)(F)F. The van der Waals surface area contributed by atoms with Crippen molar-refractivity contribution in [3.63, 3.8) is 0 Å². The molecule has 0 aliphatic rings. The minimum absolute atomic E-state index is 0.124. The summed E-state index contributed by atoms with van der Waals surface area (Å²) in [7, 11) is 0. The summed E-state index contributed by atoms with van der Waals surface area (Å²) < 4.78 is 35.6. The molecule has 1 atom stereocenters. The Morgan fingerprint density at radius 2 is 1.73 bits per heavy atom. The number of amides is 1. The average molecular weight is 223 g/mol. The zero-order valence-electron chi connectivity index (χ0n) is 9.27. The van der Waals surface area contributed by atoms with Crippen LogP contribution in [0.15, 0.2) is 11.8 Å². The van der Waals surface area contributed by atoms with E-state index in [4.69, 9.17) is 0 Å². The molecule has 1 unspecified atom stereocenters. The normalized spacial score (nSPS) is 15.3. The minimum atomic E-state index is -4.82. The third-order valence-corrected chi connectivity index (χ3v) is 2.13. The van der Waals surface area contributed by atoms with Gasteiger partial charge in [-0.2, -0.15) is 13.2 Å². The molecule has 0 aromatic rings. The molecule has 0 rings (SSSR count). The first kappa shape index (κ1) is 14.0. The van der Waals surface area contributed by atoms with E-state index in [1.165, 1.54) is 6.92 Å². The second kappa shape index (κ2) is 5.19. The highest BCUT2D eigenvalue weighted by molar-refractivity contribution is 5.83. The topological polar surface area (TPSA) is 29.1 Å². The molecule has 1 N–H and O–H groups in total. The van der Waals surface area contributed by atoms with E-state index in [1.807, 2.05) is 20.8 Å². The third-order valence-electron chi connectivity index (χ3n) is 2.13. The third kappa shape index (κ3) is 5.44. The lowest BCUT2D eigenvalue weighted by Gasteiger charge is -2.13. The van der Waals surface area contributed by atoms with Crippen molar-refractivity contribution in [1.29, 1.82) is 0 Å². The van der Waals surface area contributed by atoms with E-state index < -0.39 is 12.1 Å². The van der Waals surface area contributed by atoms with Gasteiger partial charge in [-0.05, 0) is 18.8 Å². The van der Waals surface area contributed by atoms with Gasteiger partial charge in [-0.15, -0.1) is 0 Å². The van der Waals surface area contributed by atoms with E-state index >= 15 is 0 Å². The predicted octanol–water partition coefficient (Wildman–Crippen LogP) is 2.86. The molecule has 0 aliphatic heterocycles. The van der Waals surface area contributed by atoms with Crippen molar-refractivity contribution < 1.29 is 18.0 Å². The summed E-state index contributed by atoms with van der Waals surface area (Å²) >= 11 is 0. The molecule has 0 aromatic heterocycles. The highest BCUT2D eigenvalue weighted by atomic mass is 19.4. The van der Waals surface area contributed by atoms with Crippen LogP contribution in [0.2, 0.25) is 0 Å². The Hall–Kier alpha value is -1.00. The van der Waals surface area contributed by atoms with Crippen LogP contribution in [0.25, 0.3) is 0 Å². The number of carbonyl (C=O) groups excluding carboxylic acids is 1. The van der Waals surface area contributed by atoms with E-state index in [2.05, 4.69) is 0 Å². The average Bonchev–Trinajstić information content (AvgIpc) is 2.01. The molecular formula is C10H16F3NO. The van der Waals surface area contributed by atoms with E-state index in [1.54, 1.807) is 11.4 Å². The number of hydrogen-bond acceptors (Lipinski definition) is 1. The maximum atomic E-state index is 11.9. The number of alkyl halides is 3. The van der Waals surface area contributed by atoms with Crippen LogP contribution in [-0.4, -0.2) is 12.1 Å². The maximum Gasteiger partial charge on any atom is 0.471 e. The number of halogens is 3. The van der Waals surface area contributed by atoms with Crippen molar-refractivity contribution in [2.24, 2.45) is 11.8 Å². The molecule has 2 nitrogen and oxygen atoms in total. The number of rotatable bonds is 3. The lowest BCUT2D eigenvalue weighted by molar-refractivity contribution is -0.172. The molecule has 0 saturated heterocycles. The molecule has 15 heavy (non-hydrogen) atoms. The van der Waals surface area contributed by atoms with Crippen LogP contribution in [0.5, 0.6) is 0 Å². The van der Waals surface area contributed by atoms with Crippen molar-refractivity contribution in [2.75, 3.05) is 0 Å². The number of hydrogen-bond donors (Lipinski definition) is 1. The van der Waals surface area contributed by atoms with Gasteiger partial charge in [-0.25, -0.2) is 0 Å². The Labute approximate surface area is 87.5 Å². The molecular weight excluding hydrogens is 207 g/mol. The summed E-state index contributed by atoms with van der Waals surface area (Å²) in [5.74, 6) is -1.48. The van der Waals surface area contributed by atoms with Crippen LogP contribution in [0.3, 0.4) is 0 Å². The van der Waals surface area contributed by atoms with Gasteiger partial charge in [0.25, 0.3) is 0 Å². The Morgan fingerprint density at radius 3 is 2.07 bits per heavy atom. The second-order valence-electron chi connectivity index (χ2n) is 3.90. The van der Waals surface area contributed by atoms with Crippen LogP contribution < -0.4 is 5.32 Å². The van der Waals surface area contributed by atoms with Crippen LogP contribution in [0, 0.1) is 11.8 Å². The highest BCUT2D eigenvalue weighted by Gasteiger charge is 2.38. The van der Waals surface area contributed by atoms with E-state index in [-0.39, 0.29) is 11.6 Å². The maximum absolute atomic E-state index is 11.9. The molecule has 88 valence electrons. The van der Waals surface area contributed by atoms with Gasteiger partial charge in [0.1, 0.15) is 0 Å². The molecule has 0 radical (unpaired) electrons. The second-order valence-corrected chi connectivity index (χ2v) is 3.90. The van der Waals surface area contributed by atoms with Crippen molar-refractivity contribution in [1.82, 2.24) is 5.32 Å². The Morgan fingerprint density at radius 1 is 1.27 bits per heavy atom. The molecule has 1 amide bonds. The van der Waals surface area contributed by atoms with Gasteiger partial charge in [0, 0.05) is 5.70 Å². The molecule has 0 aromatic carbocycles. The van der Waals surface area contributed by atoms with Crippen LogP contribution in [-0.2, 0) is 4.79 Å². The number of allylic oxidation sites excluding steroid dienone is 2. The van der Waals surface area contributed by atoms with Crippen LogP contribution >= 0.6 is 0 Å². The Balaban J connectivity index is 4.37. The van der Waals surface area contributed by atoms with Crippen molar-refractivity contribution >= 4 is 5.91 Å². The van der Waals surface area contributed by atoms with Crippen molar-refractivity contribution in [2.45, 2.75) is 33.9 Å². The molecule has 0 aliphatic carbocycles. The fourth-order valence-electron chi connectivity index (χ4n) is 0.878. The largest absolute Gasteiger partial charge is 0.471 e. The summed E-state index contributed by atoms with van der Waals surface area (Å²) in [6.45, 7) is 7.25. The smallest absolute Gasteiger partial charge is 0.323 e. The van der Waals surface area contributed by atoms with E-state index in [9.17, 15) is 18.0 Å². The molecule has 0 heterocycles. The van der Waals surface area contributed by atoms with Gasteiger partial charge < -0.3 is 5.32 Å². The predicted molar refractivity (Wildman–Crippen MR) is 52.0 cm³/mol. The van der Waals surface area contributed by atoms with Gasteiger partial charge in [0.2, 0.25) is 0 Å². The Bertz CT molecular complexity index is 256. The highest BCUT2D eigenvalue weighted by Crippen LogP contribution is 2.16. The number of nitrogens with one attached hydrogen (secondary N) is 1. The lowest BCUT2D eigenvalue weighted by atomic mass is 9.97. The first-order valence-electron chi connectivity index (χ1n) is 4.71. The van der Waals surface area contributed by atoms with E-state index in [0.29, 0.717) is 5.92 Å². The molecule has 5 heteroatoms. The fourth-order valence-corrected chi connectivity index (χ4v) is 0.878. The van der Waals surface area contributed by atoms with Gasteiger partial charge in [-0.3, -0.25) is 4.79 Å². The first-order chi connectivity index (χ1) is 6.64. The molecule has 0 bridgehead atoms. The molecule has 0 fully saturated rings. The van der Waals surface area contributed by atoms with E-state index in [0.717, 1.165) is 0 Å². The van der Waals surface area contributed by atoms with Crippen molar-refractivity contribution in [3.8, 4) is 0 Å². The van der Waals surface area contributed by atoms with Gasteiger partial charge in [0.15, 0.2) is 0 Å². The molecule has 0 spiro atoms. The monoisotopic (exact) mass is 223 g/mol. The lowest BCUT2D eigenvalue weighted by Crippen LogP contribution is -2.35. The fraction of sp³-hybridized carbons (Fsp3) is 0.700. The summed E-state index contributed by atoms with van der Waals surface area (Å²) in [6.07, 6.45) is -3.20.